The number of amides is 1. The zero-order valence-electron chi connectivity index (χ0n) is 17.9. The molecule has 1 atom stereocenters. The van der Waals surface area contributed by atoms with Crippen LogP contribution in [-0.4, -0.2) is 14.3 Å². The van der Waals surface area contributed by atoms with E-state index in [-0.39, 0.29) is 33.1 Å². The van der Waals surface area contributed by atoms with Crippen LogP contribution in [0.3, 0.4) is 0 Å². The molecule has 31 heavy (non-hydrogen) atoms. The summed E-state index contributed by atoms with van der Waals surface area (Å²) in [7, 11) is -3.75. The molecule has 0 saturated heterocycles. The van der Waals surface area contributed by atoms with Crippen LogP contribution < -0.4 is 10.0 Å². The zero-order chi connectivity index (χ0) is 22.8. The van der Waals surface area contributed by atoms with Crippen molar-refractivity contribution in [1.82, 2.24) is 5.32 Å². The van der Waals surface area contributed by atoms with E-state index in [1.54, 1.807) is 12.1 Å². The Bertz CT molecular complexity index is 1220. The van der Waals surface area contributed by atoms with Crippen LogP contribution in [-0.2, 0) is 10.0 Å². The first-order valence-electron chi connectivity index (χ1n) is 9.84. The first kappa shape index (κ1) is 22.8. The molecule has 7 heteroatoms. The largest absolute Gasteiger partial charge is 0.345 e. The molecule has 0 bridgehead atoms. The topological polar surface area (TPSA) is 75.3 Å². The molecule has 3 aromatic rings. The van der Waals surface area contributed by atoms with Gasteiger partial charge in [-0.2, -0.15) is 0 Å². The SMILES string of the molecule is Cc1ccc(S(=O)(=O)Nc2ccc(C(=O)NC(C)c3cc(C)ccc3C)c(Cl)c2)cc1. The summed E-state index contributed by atoms with van der Waals surface area (Å²) in [6, 6.07) is 16.9. The van der Waals surface area contributed by atoms with E-state index in [4.69, 9.17) is 11.6 Å². The minimum absolute atomic E-state index is 0.151. The van der Waals surface area contributed by atoms with Gasteiger partial charge in [0.15, 0.2) is 0 Å². The quantitative estimate of drug-likeness (QED) is 0.510. The molecule has 5 nitrogen and oxygen atoms in total. The Kier molecular flexibility index (Phi) is 6.72. The van der Waals surface area contributed by atoms with Gasteiger partial charge in [-0.25, -0.2) is 8.42 Å². The van der Waals surface area contributed by atoms with Crippen molar-refractivity contribution in [2.24, 2.45) is 0 Å². The summed E-state index contributed by atoms with van der Waals surface area (Å²) in [5.41, 5.74) is 4.76. The molecular weight excluding hydrogens is 432 g/mol. The van der Waals surface area contributed by atoms with Crippen LogP contribution >= 0.6 is 11.6 Å². The Morgan fingerprint density at radius 1 is 0.903 bits per heavy atom. The van der Waals surface area contributed by atoms with Gasteiger partial charge in [-0.3, -0.25) is 9.52 Å². The molecule has 3 aromatic carbocycles. The maximum Gasteiger partial charge on any atom is 0.261 e. The number of hydrogen-bond donors (Lipinski definition) is 2. The van der Waals surface area contributed by atoms with Gasteiger partial charge in [0.05, 0.1) is 27.2 Å². The smallest absolute Gasteiger partial charge is 0.261 e. The number of rotatable bonds is 6. The maximum absolute atomic E-state index is 12.8. The Morgan fingerprint density at radius 3 is 2.19 bits per heavy atom. The summed E-state index contributed by atoms with van der Waals surface area (Å²) in [5, 5.41) is 3.12. The van der Waals surface area contributed by atoms with Crippen LogP contribution in [0.4, 0.5) is 5.69 Å². The molecule has 2 N–H and O–H groups in total. The number of anilines is 1. The van der Waals surface area contributed by atoms with Gasteiger partial charge >= 0.3 is 0 Å². The molecule has 0 saturated carbocycles. The van der Waals surface area contributed by atoms with Gasteiger partial charge in [0.1, 0.15) is 0 Å². The van der Waals surface area contributed by atoms with Crippen molar-refractivity contribution >= 4 is 33.2 Å². The summed E-state index contributed by atoms with van der Waals surface area (Å²) in [5.74, 6) is -0.327. The van der Waals surface area contributed by atoms with Gasteiger partial charge in [0.25, 0.3) is 15.9 Å². The van der Waals surface area contributed by atoms with E-state index in [2.05, 4.69) is 10.0 Å². The fourth-order valence-corrected chi connectivity index (χ4v) is 4.59. The van der Waals surface area contributed by atoms with Crippen molar-refractivity contribution in [2.75, 3.05) is 4.72 Å². The molecule has 0 aliphatic heterocycles. The predicted octanol–water partition coefficient (Wildman–Crippen LogP) is 5.56. The molecule has 0 radical (unpaired) electrons. The molecule has 162 valence electrons. The van der Waals surface area contributed by atoms with E-state index >= 15 is 0 Å². The van der Waals surface area contributed by atoms with Gasteiger partial charge in [-0.05, 0) is 69.2 Å². The summed E-state index contributed by atoms with van der Waals surface area (Å²) >= 11 is 6.31. The van der Waals surface area contributed by atoms with Crippen LogP contribution in [0, 0.1) is 20.8 Å². The molecule has 0 aliphatic carbocycles. The van der Waals surface area contributed by atoms with Crippen LogP contribution in [0.1, 0.15) is 45.6 Å². The second kappa shape index (κ2) is 9.12. The van der Waals surface area contributed by atoms with E-state index in [0.717, 1.165) is 22.3 Å². The fraction of sp³-hybridized carbons (Fsp3) is 0.208. The standard InChI is InChI=1S/C24H25ClN2O3S/c1-15-6-10-20(11-7-15)31(29,30)27-19-9-12-21(23(25)14-19)24(28)26-18(4)22-13-16(2)5-8-17(22)3/h5-14,18,27H,1-4H3,(H,26,28). The molecule has 0 aliphatic rings. The third-order valence-corrected chi connectivity index (χ3v) is 6.76. The summed E-state index contributed by atoms with van der Waals surface area (Å²) in [6.45, 7) is 7.80. The highest BCUT2D eigenvalue weighted by molar-refractivity contribution is 7.92. The third kappa shape index (κ3) is 5.46. The fourth-order valence-electron chi connectivity index (χ4n) is 3.27. The lowest BCUT2D eigenvalue weighted by Crippen LogP contribution is -2.27. The maximum atomic E-state index is 12.8. The normalized spacial score (nSPS) is 12.3. The number of carbonyl (C=O) groups excluding carboxylic acids is 1. The van der Waals surface area contributed by atoms with Gasteiger partial charge in [0.2, 0.25) is 0 Å². The average molecular weight is 457 g/mol. The molecular formula is C24H25ClN2O3S. The first-order chi connectivity index (χ1) is 14.6. The molecule has 0 aromatic heterocycles. The Balaban J connectivity index is 1.76. The van der Waals surface area contributed by atoms with E-state index < -0.39 is 10.0 Å². The lowest BCUT2D eigenvalue weighted by atomic mass is 9.99. The van der Waals surface area contributed by atoms with Crippen molar-refractivity contribution in [3.63, 3.8) is 0 Å². The van der Waals surface area contributed by atoms with Crippen molar-refractivity contribution in [3.8, 4) is 0 Å². The van der Waals surface area contributed by atoms with E-state index in [0.29, 0.717) is 0 Å². The van der Waals surface area contributed by atoms with Gasteiger partial charge in [-0.1, -0.05) is 53.1 Å². The van der Waals surface area contributed by atoms with Gasteiger partial charge in [0, 0.05) is 0 Å². The molecule has 1 amide bonds. The Labute approximate surface area is 188 Å². The number of benzene rings is 3. The Hall–Kier alpha value is -2.83. The van der Waals surface area contributed by atoms with E-state index in [9.17, 15) is 13.2 Å². The van der Waals surface area contributed by atoms with Crippen molar-refractivity contribution in [3.05, 3.63) is 93.5 Å². The van der Waals surface area contributed by atoms with Crippen molar-refractivity contribution < 1.29 is 13.2 Å². The van der Waals surface area contributed by atoms with Gasteiger partial charge in [-0.15, -0.1) is 0 Å². The highest BCUT2D eigenvalue weighted by atomic mass is 35.5. The predicted molar refractivity (Wildman–Crippen MR) is 125 cm³/mol. The lowest BCUT2D eigenvalue weighted by molar-refractivity contribution is 0.0940. The molecule has 0 heterocycles. The summed E-state index contributed by atoms with van der Waals surface area (Å²) in [4.78, 5) is 12.9. The van der Waals surface area contributed by atoms with E-state index in [1.807, 2.05) is 45.9 Å². The van der Waals surface area contributed by atoms with E-state index in [1.165, 1.54) is 30.3 Å². The average Bonchev–Trinajstić information content (AvgIpc) is 2.69. The third-order valence-electron chi connectivity index (χ3n) is 5.05. The van der Waals surface area contributed by atoms with Crippen LogP contribution in [0.5, 0.6) is 0 Å². The highest BCUT2D eigenvalue weighted by Gasteiger charge is 2.18. The zero-order valence-corrected chi connectivity index (χ0v) is 19.4. The number of nitrogens with one attached hydrogen (secondary N) is 2. The van der Waals surface area contributed by atoms with Crippen molar-refractivity contribution in [2.45, 2.75) is 38.6 Å². The number of halogens is 1. The summed E-state index contributed by atoms with van der Waals surface area (Å²) < 4.78 is 27.6. The van der Waals surface area contributed by atoms with Gasteiger partial charge < -0.3 is 5.32 Å². The monoisotopic (exact) mass is 456 g/mol. The second-order valence-corrected chi connectivity index (χ2v) is 9.76. The summed E-state index contributed by atoms with van der Waals surface area (Å²) in [6.07, 6.45) is 0. The minimum Gasteiger partial charge on any atom is -0.345 e. The molecule has 1 unspecified atom stereocenters. The lowest BCUT2D eigenvalue weighted by Gasteiger charge is -2.18. The molecule has 0 spiro atoms. The first-order valence-corrected chi connectivity index (χ1v) is 11.7. The number of carbonyl (C=O) groups is 1. The van der Waals surface area contributed by atoms with Crippen molar-refractivity contribution in [1.29, 1.82) is 0 Å². The molecule has 0 fully saturated rings. The van der Waals surface area contributed by atoms with Crippen LogP contribution in [0.25, 0.3) is 0 Å². The highest BCUT2D eigenvalue weighted by Crippen LogP contribution is 2.25. The van der Waals surface area contributed by atoms with Crippen LogP contribution in [0.2, 0.25) is 5.02 Å². The minimum atomic E-state index is -3.75. The van der Waals surface area contributed by atoms with Crippen LogP contribution in [0.15, 0.2) is 65.6 Å². The second-order valence-electron chi connectivity index (χ2n) is 7.67. The molecule has 3 rings (SSSR count). The number of hydrogen-bond acceptors (Lipinski definition) is 3. The number of sulfonamides is 1. The Morgan fingerprint density at radius 2 is 1.55 bits per heavy atom. The number of aryl methyl sites for hydroxylation is 3.